The predicted molar refractivity (Wildman–Crippen MR) is 64.5 cm³/mol. The van der Waals surface area contributed by atoms with E-state index in [0.717, 1.165) is 29.8 Å². The average Bonchev–Trinajstić information content (AvgIpc) is 2.28. The SMILES string of the molecule is CCc1nnc(C)cc1C(=O)CC(C)CC. The summed E-state index contributed by atoms with van der Waals surface area (Å²) in [6.07, 6.45) is 2.40. The first-order valence-corrected chi connectivity index (χ1v) is 5.94. The Hall–Kier alpha value is -1.25. The third-order valence-corrected chi connectivity index (χ3v) is 2.86. The second-order valence-electron chi connectivity index (χ2n) is 4.34. The highest BCUT2D eigenvalue weighted by Crippen LogP contribution is 2.15. The van der Waals surface area contributed by atoms with Crippen LogP contribution in [0.25, 0.3) is 0 Å². The summed E-state index contributed by atoms with van der Waals surface area (Å²) >= 11 is 0. The van der Waals surface area contributed by atoms with Crippen LogP contribution in [0.15, 0.2) is 6.07 Å². The Morgan fingerprint density at radius 3 is 2.62 bits per heavy atom. The van der Waals surface area contributed by atoms with Gasteiger partial charge in [-0.05, 0) is 25.3 Å². The lowest BCUT2D eigenvalue weighted by atomic mass is 9.96. The number of carbonyl (C=O) groups excluding carboxylic acids is 1. The summed E-state index contributed by atoms with van der Waals surface area (Å²) in [6.45, 7) is 8.07. The van der Waals surface area contributed by atoms with Crippen molar-refractivity contribution in [1.82, 2.24) is 10.2 Å². The first kappa shape index (κ1) is 12.8. The summed E-state index contributed by atoms with van der Waals surface area (Å²) in [5.41, 5.74) is 2.39. The molecule has 0 aliphatic rings. The second kappa shape index (κ2) is 5.73. The van der Waals surface area contributed by atoms with Gasteiger partial charge in [0.25, 0.3) is 0 Å². The monoisotopic (exact) mass is 220 g/mol. The van der Waals surface area contributed by atoms with Crippen LogP contribution < -0.4 is 0 Å². The largest absolute Gasteiger partial charge is 0.294 e. The summed E-state index contributed by atoms with van der Waals surface area (Å²) in [6, 6.07) is 1.86. The van der Waals surface area contributed by atoms with Crippen LogP contribution in [0.3, 0.4) is 0 Å². The van der Waals surface area contributed by atoms with E-state index in [0.29, 0.717) is 12.3 Å². The van der Waals surface area contributed by atoms with E-state index in [1.54, 1.807) is 0 Å². The lowest BCUT2D eigenvalue weighted by Gasteiger charge is -2.09. The van der Waals surface area contributed by atoms with Gasteiger partial charge < -0.3 is 0 Å². The molecule has 0 aliphatic heterocycles. The summed E-state index contributed by atoms with van der Waals surface area (Å²) in [4.78, 5) is 12.1. The Morgan fingerprint density at radius 1 is 1.38 bits per heavy atom. The molecule has 0 saturated heterocycles. The minimum atomic E-state index is 0.198. The fraction of sp³-hybridized carbons (Fsp3) is 0.615. The van der Waals surface area contributed by atoms with Gasteiger partial charge in [-0.1, -0.05) is 27.2 Å². The standard InChI is InChI=1S/C13H20N2O/c1-5-9(3)7-13(16)11-8-10(4)14-15-12(11)6-2/h8-9H,5-7H2,1-4H3. The molecular weight excluding hydrogens is 200 g/mol. The number of aryl methyl sites for hydroxylation is 2. The molecule has 0 aliphatic carbocycles. The van der Waals surface area contributed by atoms with Gasteiger partial charge >= 0.3 is 0 Å². The highest BCUT2D eigenvalue weighted by atomic mass is 16.1. The minimum Gasteiger partial charge on any atom is -0.294 e. The van der Waals surface area contributed by atoms with Gasteiger partial charge in [0.1, 0.15) is 0 Å². The zero-order valence-electron chi connectivity index (χ0n) is 10.6. The maximum Gasteiger partial charge on any atom is 0.165 e. The van der Waals surface area contributed by atoms with E-state index in [1.807, 2.05) is 19.9 Å². The molecule has 0 saturated carbocycles. The van der Waals surface area contributed by atoms with Crippen LogP contribution in [0.2, 0.25) is 0 Å². The number of hydrogen-bond donors (Lipinski definition) is 0. The zero-order chi connectivity index (χ0) is 12.1. The van der Waals surface area contributed by atoms with E-state index >= 15 is 0 Å². The highest BCUT2D eigenvalue weighted by molar-refractivity contribution is 5.97. The molecular formula is C13H20N2O. The fourth-order valence-corrected chi connectivity index (χ4v) is 1.59. The van der Waals surface area contributed by atoms with Crippen molar-refractivity contribution in [2.75, 3.05) is 0 Å². The Labute approximate surface area is 97.3 Å². The molecule has 16 heavy (non-hydrogen) atoms. The molecule has 1 aromatic rings. The van der Waals surface area contributed by atoms with Gasteiger partial charge in [-0.2, -0.15) is 10.2 Å². The molecule has 3 heteroatoms. The van der Waals surface area contributed by atoms with E-state index in [1.165, 1.54) is 0 Å². The maximum atomic E-state index is 12.1. The lowest BCUT2D eigenvalue weighted by molar-refractivity contribution is 0.0962. The fourth-order valence-electron chi connectivity index (χ4n) is 1.59. The Balaban J connectivity index is 2.93. The number of rotatable bonds is 5. The van der Waals surface area contributed by atoms with Crippen LogP contribution in [-0.2, 0) is 6.42 Å². The van der Waals surface area contributed by atoms with E-state index in [9.17, 15) is 4.79 Å². The highest BCUT2D eigenvalue weighted by Gasteiger charge is 2.15. The predicted octanol–water partition coefficient (Wildman–Crippen LogP) is 2.97. The molecule has 3 nitrogen and oxygen atoms in total. The van der Waals surface area contributed by atoms with Crippen molar-refractivity contribution in [3.8, 4) is 0 Å². The molecule has 0 fully saturated rings. The molecule has 1 rings (SSSR count). The van der Waals surface area contributed by atoms with Crippen molar-refractivity contribution < 1.29 is 4.79 Å². The van der Waals surface area contributed by atoms with E-state index in [2.05, 4.69) is 24.0 Å². The smallest absolute Gasteiger partial charge is 0.165 e. The van der Waals surface area contributed by atoms with E-state index in [4.69, 9.17) is 0 Å². The number of hydrogen-bond acceptors (Lipinski definition) is 3. The summed E-state index contributed by atoms with van der Waals surface area (Å²) in [5, 5.41) is 8.07. The molecule has 1 unspecified atom stereocenters. The van der Waals surface area contributed by atoms with Gasteiger partial charge in [-0.15, -0.1) is 0 Å². The van der Waals surface area contributed by atoms with Crippen molar-refractivity contribution in [1.29, 1.82) is 0 Å². The molecule has 0 amide bonds. The first-order chi connectivity index (χ1) is 7.58. The van der Waals surface area contributed by atoms with Gasteiger partial charge in [0.15, 0.2) is 5.78 Å². The van der Waals surface area contributed by atoms with Gasteiger partial charge in [-0.25, -0.2) is 0 Å². The van der Waals surface area contributed by atoms with Crippen LogP contribution in [0, 0.1) is 12.8 Å². The molecule has 0 bridgehead atoms. The maximum absolute atomic E-state index is 12.1. The number of nitrogens with zero attached hydrogens (tertiary/aromatic N) is 2. The van der Waals surface area contributed by atoms with Crippen molar-refractivity contribution in [3.63, 3.8) is 0 Å². The number of Topliss-reactive ketones (excluding diaryl/α,β-unsaturated/α-hetero) is 1. The molecule has 0 N–H and O–H groups in total. The normalized spacial score (nSPS) is 12.5. The Morgan fingerprint density at radius 2 is 2.06 bits per heavy atom. The topological polar surface area (TPSA) is 42.9 Å². The second-order valence-corrected chi connectivity index (χ2v) is 4.34. The van der Waals surface area contributed by atoms with Gasteiger partial charge in [0.2, 0.25) is 0 Å². The van der Waals surface area contributed by atoms with E-state index < -0.39 is 0 Å². The molecule has 1 atom stereocenters. The van der Waals surface area contributed by atoms with Crippen LogP contribution in [0.1, 0.15) is 55.4 Å². The van der Waals surface area contributed by atoms with Gasteiger partial charge in [0, 0.05) is 12.0 Å². The van der Waals surface area contributed by atoms with Crippen LogP contribution in [0.4, 0.5) is 0 Å². The van der Waals surface area contributed by atoms with Crippen LogP contribution >= 0.6 is 0 Å². The van der Waals surface area contributed by atoms with Gasteiger partial charge in [0.05, 0.1) is 11.4 Å². The van der Waals surface area contributed by atoms with E-state index in [-0.39, 0.29) is 5.78 Å². The number of carbonyl (C=O) groups is 1. The van der Waals surface area contributed by atoms with Crippen molar-refractivity contribution in [2.45, 2.75) is 47.0 Å². The molecule has 0 aromatic carbocycles. The quantitative estimate of drug-likeness (QED) is 0.716. The number of ketones is 1. The molecule has 1 aromatic heterocycles. The van der Waals surface area contributed by atoms with Crippen LogP contribution in [-0.4, -0.2) is 16.0 Å². The number of aromatic nitrogens is 2. The molecule has 88 valence electrons. The Kier molecular flexibility index (Phi) is 4.59. The lowest BCUT2D eigenvalue weighted by Crippen LogP contribution is -2.11. The summed E-state index contributed by atoms with van der Waals surface area (Å²) in [7, 11) is 0. The average molecular weight is 220 g/mol. The van der Waals surface area contributed by atoms with Crippen molar-refractivity contribution in [2.24, 2.45) is 5.92 Å². The van der Waals surface area contributed by atoms with Gasteiger partial charge in [-0.3, -0.25) is 4.79 Å². The molecule has 1 heterocycles. The minimum absolute atomic E-state index is 0.198. The molecule has 0 spiro atoms. The third kappa shape index (κ3) is 3.12. The van der Waals surface area contributed by atoms with Crippen molar-refractivity contribution in [3.05, 3.63) is 23.0 Å². The summed E-state index contributed by atoms with van der Waals surface area (Å²) < 4.78 is 0. The first-order valence-electron chi connectivity index (χ1n) is 5.94. The summed E-state index contributed by atoms with van der Waals surface area (Å²) in [5.74, 6) is 0.634. The third-order valence-electron chi connectivity index (χ3n) is 2.86. The molecule has 0 radical (unpaired) electrons. The van der Waals surface area contributed by atoms with Crippen molar-refractivity contribution >= 4 is 5.78 Å². The Bertz CT molecular complexity index is 374. The zero-order valence-corrected chi connectivity index (χ0v) is 10.6. The van der Waals surface area contributed by atoms with Crippen LogP contribution in [0.5, 0.6) is 0 Å².